The summed E-state index contributed by atoms with van der Waals surface area (Å²) in [6, 6.07) is 9.01. The molecule has 1 atom stereocenters. The van der Waals surface area contributed by atoms with Gasteiger partial charge in [-0.1, -0.05) is 38.1 Å². The molecule has 112 valence electrons. The summed E-state index contributed by atoms with van der Waals surface area (Å²) in [5, 5.41) is 10.4. The molecule has 20 heavy (non-hydrogen) atoms. The minimum atomic E-state index is -0.409. The van der Waals surface area contributed by atoms with Crippen molar-refractivity contribution in [2.75, 3.05) is 26.8 Å². The average molecular weight is 277 g/mol. The van der Waals surface area contributed by atoms with Crippen LogP contribution in [-0.4, -0.2) is 42.9 Å². The van der Waals surface area contributed by atoms with Crippen LogP contribution in [0, 0.1) is 0 Å². The highest BCUT2D eigenvalue weighted by atomic mass is 16.5. The molecule has 1 aromatic carbocycles. The van der Waals surface area contributed by atoms with Crippen molar-refractivity contribution in [3.05, 3.63) is 35.4 Å². The van der Waals surface area contributed by atoms with Crippen molar-refractivity contribution in [1.82, 2.24) is 4.90 Å². The number of aliphatic hydroxyl groups excluding tert-OH is 1. The standard InChI is InChI=1S/C17H27NO2/c1-13(2)14-4-6-15(7-5-14)17(19)12-18(10-11-20-3)16-8-9-16/h4-7,13,16-17,19H,8-12H2,1-3H3. The average Bonchev–Trinajstić information content (AvgIpc) is 3.27. The maximum Gasteiger partial charge on any atom is 0.0917 e. The fourth-order valence-corrected chi connectivity index (χ4v) is 2.50. The van der Waals surface area contributed by atoms with Crippen LogP contribution >= 0.6 is 0 Å². The molecule has 1 aliphatic carbocycles. The second-order valence-electron chi connectivity index (χ2n) is 6.06. The van der Waals surface area contributed by atoms with Crippen LogP contribution in [0.15, 0.2) is 24.3 Å². The van der Waals surface area contributed by atoms with Gasteiger partial charge in [0, 0.05) is 26.2 Å². The normalized spacial score (nSPS) is 16.9. The lowest BCUT2D eigenvalue weighted by molar-refractivity contribution is 0.0846. The zero-order valence-electron chi connectivity index (χ0n) is 12.9. The minimum absolute atomic E-state index is 0.409. The van der Waals surface area contributed by atoms with Crippen molar-refractivity contribution >= 4 is 0 Å². The second kappa shape index (κ2) is 7.21. The van der Waals surface area contributed by atoms with E-state index < -0.39 is 6.10 Å². The maximum absolute atomic E-state index is 10.4. The molecule has 1 N–H and O–H groups in total. The van der Waals surface area contributed by atoms with Gasteiger partial charge in [0.25, 0.3) is 0 Å². The van der Waals surface area contributed by atoms with Crippen LogP contribution in [0.4, 0.5) is 0 Å². The van der Waals surface area contributed by atoms with E-state index in [2.05, 4.69) is 43.0 Å². The maximum atomic E-state index is 10.4. The van der Waals surface area contributed by atoms with Gasteiger partial charge in [-0.2, -0.15) is 0 Å². The number of hydrogen-bond donors (Lipinski definition) is 1. The van der Waals surface area contributed by atoms with Gasteiger partial charge in [-0.3, -0.25) is 4.90 Å². The Bertz CT molecular complexity index is 398. The highest BCUT2D eigenvalue weighted by Crippen LogP contribution is 2.29. The van der Waals surface area contributed by atoms with Crippen LogP contribution in [0.1, 0.15) is 49.8 Å². The summed E-state index contributed by atoms with van der Waals surface area (Å²) in [4.78, 5) is 2.35. The Labute approximate surface area is 122 Å². The van der Waals surface area contributed by atoms with E-state index in [1.807, 2.05) is 0 Å². The number of ether oxygens (including phenoxy) is 1. The summed E-state index contributed by atoms with van der Waals surface area (Å²) in [7, 11) is 1.73. The lowest BCUT2D eigenvalue weighted by Crippen LogP contribution is -2.33. The van der Waals surface area contributed by atoms with Gasteiger partial charge >= 0.3 is 0 Å². The third-order valence-corrected chi connectivity index (χ3v) is 4.04. The van der Waals surface area contributed by atoms with Gasteiger partial charge in [-0.25, -0.2) is 0 Å². The van der Waals surface area contributed by atoms with Gasteiger partial charge in [0.15, 0.2) is 0 Å². The predicted octanol–water partition coefficient (Wildman–Crippen LogP) is 2.95. The third-order valence-electron chi connectivity index (χ3n) is 4.04. The SMILES string of the molecule is COCCN(CC(O)c1ccc(C(C)C)cc1)C1CC1. The van der Waals surface area contributed by atoms with Gasteiger partial charge in [0.1, 0.15) is 0 Å². The zero-order valence-corrected chi connectivity index (χ0v) is 12.9. The van der Waals surface area contributed by atoms with Crippen LogP contribution in [0.5, 0.6) is 0 Å². The molecule has 0 saturated heterocycles. The Morgan fingerprint density at radius 3 is 2.30 bits per heavy atom. The molecule has 0 aromatic heterocycles. The molecule has 0 bridgehead atoms. The number of benzene rings is 1. The lowest BCUT2D eigenvalue weighted by atomic mass is 10.00. The number of rotatable bonds is 8. The zero-order chi connectivity index (χ0) is 14.5. The molecule has 3 nitrogen and oxygen atoms in total. The molecular weight excluding hydrogens is 250 g/mol. The number of hydrogen-bond acceptors (Lipinski definition) is 3. The first-order valence-corrected chi connectivity index (χ1v) is 7.62. The molecule has 1 fully saturated rings. The van der Waals surface area contributed by atoms with E-state index in [1.54, 1.807) is 7.11 Å². The van der Waals surface area contributed by atoms with Gasteiger partial charge < -0.3 is 9.84 Å². The quantitative estimate of drug-likeness (QED) is 0.793. The van der Waals surface area contributed by atoms with E-state index in [4.69, 9.17) is 4.74 Å². The number of methoxy groups -OCH3 is 1. The van der Waals surface area contributed by atoms with Gasteiger partial charge in [-0.15, -0.1) is 0 Å². The van der Waals surface area contributed by atoms with Crippen molar-refractivity contribution in [2.24, 2.45) is 0 Å². The van der Waals surface area contributed by atoms with Gasteiger partial charge in [0.05, 0.1) is 12.7 Å². The van der Waals surface area contributed by atoms with E-state index in [9.17, 15) is 5.11 Å². The largest absolute Gasteiger partial charge is 0.387 e. The Morgan fingerprint density at radius 1 is 1.20 bits per heavy atom. The molecule has 1 aromatic rings. The summed E-state index contributed by atoms with van der Waals surface area (Å²) in [6.45, 7) is 6.71. The molecule has 0 radical (unpaired) electrons. The van der Waals surface area contributed by atoms with Crippen molar-refractivity contribution in [3.63, 3.8) is 0 Å². The Morgan fingerprint density at radius 2 is 1.80 bits per heavy atom. The predicted molar refractivity (Wildman–Crippen MR) is 82.0 cm³/mol. The first kappa shape index (κ1) is 15.5. The van der Waals surface area contributed by atoms with E-state index in [0.29, 0.717) is 18.5 Å². The molecule has 0 amide bonds. The molecule has 2 rings (SSSR count). The van der Waals surface area contributed by atoms with E-state index in [0.717, 1.165) is 18.7 Å². The molecule has 1 aliphatic rings. The fraction of sp³-hybridized carbons (Fsp3) is 0.647. The summed E-state index contributed by atoms with van der Waals surface area (Å²) in [5.41, 5.74) is 2.33. The first-order valence-electron chi connectivity index (χ1n) is 7.62. The monoisotopic (exact) mass is 277 g/mol. The smallest absolute Gasteiger partial charge is 0.0917 e. The number of aliphatic hydroxyl groups is 1. The van der Waals surface area contributed by atoms with Crippen LogP contribution in [0.2, 0.25) is 0 Å². The highest BCUT2D eigenvalue weighted by molar-refractivity contribution is 5.26. The van der Waals surface area contributed by atoms with Gasteiger partial charge in [0.2, 0.25) is 0 Å². The summed E-state index contributed by atoms with van der Waals surface area (Å²) < 4.78 is 5.16. The molecule has 3 heteroatoms. The van der Waals surface area contributed by atoms with E-state index in [-0.39, 0.29) is 0 Å². The molecule has 0 spiro atoms. The van der Waals surface area contributed by atoms with Gasteiger partial charge in [-0.05, 0) is 29.9 Å². The topological polar surface area (TPSA) is 32.7 Å². The molecule has 1 unspecified atom stereocenters. The van der Waals surface area contributed by atoms with Crippen molar-refractivity contribution in [2.45, 2.75) is 44.8 Å². The van der Waals surface area contributed by atoms with Crippen molar-refractivity contribution in [1.29, 1.82) is 0 Å². The second-order valence-corrected chi connectivity index (χ2v) is 6.06. The lowest BCUT2D eigenvalue weighted by Gasteiger charge is -2.25. The van der Waals surface area contributed by atoms with E-state index in [1.165, 1.54) is 18.4 Å². The summed E-state index contributed by atoms with van der Waals surface area (Å²) in [5.74, 6) is 0.533. The molecule has 0 heterocycles. The van der Waals surface area contributed by atoms with Crippen LogP contribution < -0.4 is 0 Å². The van der Waals surface area contributed by atoms with Crippen LogP contribution in [-0.2, 0) is 4.74 Å². The molecule has 0 aliphatic heterocycles. The van der Waals surface area contributed by atoms with Crippen molar-refractivity contribution in [3.8, 4) is 0 Å². The first-order chi connectivity index (χ1) is 9.61. The molecular formula is C17H27NO2. The Balaban J connectivity index is 1.93. The summed E-state index contributed by atoms with van der Waals surface area (Å²) >= 11 is 0. The third kappa shape index (κ3) is 4.30. The van der Waals surface area contributed by atoms with Crippen molar-refractivity contribution < 1.29 is 9.84 Å². The minimum Gasteiger partial charge on any atom is -0.387 e. The Kier molecular flexibility index (Phi) is 5.58. The van der Waals surface area contributed by atoms with E-state index >= 15 is 0 Å². The Hall–Kier alpha value is -0.900. The number of nitrogens with zero attached hydrogens (tertiary/aromatic N) is 1. The van der Waals surface area contributed by atoms with Crippen LogP contribution in [0.3, 0.4) is 0 Å². The molecule has 1 saturated carbocycles. The van der Waals surface area contributed by atoms with Crippen LogP contribution in [0.25, 0.3) is 0 Å². The summed E-state index contributed by atoms with van der Waals surface area (Å²) in [6.07, 6.45) is 2.10. The fourth-order valence-electron chi connectivity index (χ4n) is 2.50. The highest BCUT2D eigenvalue weighted by Gasteiger charge is 2.30.